The fourth-order valence-corrected chi connectivity index (χ4v) is 2.77. The Morgan fingerprint density at radius 2 is 1.08 bits per heavy atom. The molecule has 0 aliphatic carbocycles. The molecule has 6 heteroatoms. The van der Waals surface area contributed by atoms with Crippen molar-refractivity contribution in [2.24, 2.45) is 0 Å². The summed E-state index contributed by atoms with van der Waals surface area (Å²) >= 11 is 0. The van der Waals surface area contributed by atoms with Gasteiger partial charge in [0, 0.05) is 6.42 Å². The van der Waals surface area contributed by atoms with Gasteiger partial charge in [0.1, 0.15) is 0 Å². The molecule has 140 valence electrons. The van der Waals surface area contributed by atoms with Gasteiger partial charge < -0.3 is 0 Å². The Bertz CT molecular complexity index is 301. The number of hydrogen-bond acceptors (Lipinski definition) is 4. The van der Waals surface area contributed by atoms with Gasteiger partial charge in [0.25, 0.3) is 0 Å². The molecule has 5 nitrogen and oxygen atoms in total. The van der Waals surface area contributed by atoms with Crippen LogP contribution < -0.4 is 0 Å². The molecular formula is C18H37CaNO4. The Balaban J connectivity index is 0. The van der Waals surface area contributed by atoms with Gasteiger partial charge >= 0.3 is 48.8 Å². The summed E-state index contributed by atoms with van der Waals surface area (Å²) in [5, 5.41) is 8.90. The Morgan fingerprint density at radius 1 is 0.750 bits per heavy atom. The van der Waals surface area contributed by atoms with E-state index in [-0.39, 0.29) is 44.2 Å². The molecule has 0 saturated heterocycles. The summed E-state index contributed by atoms with van der Waals surface area (Å²) in [4.78, 5) is 24.7. The molecule has 0 spiro atoms. The average molecular weight is 372 g/mol. The third kappa shape index (κ3) is 22.1. The molecule has 0 bridgehead atoms. The Labute approximate surface area is 177 Å². The molecule has 0 N–H and O–H groups in total. The van der Waals surface area contributed by atoms with Crippen molar-refractivity contribution in [2.75, 3.05) is 0 Å². The van der Waals surface area contributed by atoms with Crippen LogP contribution in [-0.4, -0.2) is 48.8 Å². The van der Waals surface area contributed by atoms with E-state index in [4.69, 9.17) is 0 Å². The molecule has 0 aromatic rings. The third-order valence-corrected chi connectivity index (χ3v) is 4.16. The van der Waals surface area contributed by atoms with Gasteiger partial charge in [-0.1, -0.05) is 96.8 Å². The third-order valence-electron chi connectivity index (χ3n) is 4.16. The predicted molar refractivity (Wildman–Crippen MR) is 101 cm³/mol. The summed E-state index contributed by atoms with van der Waals surface area (Å²) < 4.78 is 0. The minimum absolute atomic E-state index is 0. The van der Waals surface area contributed by atoms with Crippen LogP contribution in [0.2, 0.25) is 0 Å². The molecule has 0 atom stereocenters. The summed E-state index contributed by atoms with van der Waals surface area (Å²) in [7, 11) is 0. The first kappa shape index (κ1) is 26.4. The molecule has 0 unspecified atom stereocenters. The van der Waals surface area contributed by atoms with Crippen LogP contribution in [0.25, 0.3) is 0 Å². The van der Waals surface area contributed by atoms with Crippen molar-refractivity contribution in [3.8, 4) is 0 Å². The maximum atomic E-state index is 10.9. The molecule has 0 fully saturated rings. The number of hydrogen-bond donors (Lipinski definition) is 0. The van der Waals surface area contributed by atoms with Gasteiger partial charge in [-0.15, -0.1) is 10.1 Å². The monoisotopic (exact) mass is 371 g/mol. The number of carbonyl (C=O) groups is 1. The Kier molecular flexibility index (Phi) is 23.3. The van der Waals surface area contributed by atoms with Gasteiger partial charge in [0.15, 0.2) is 0 Å². The molecule has 0 amide bonds. The fourth-order valence-electron chi connectivity index (χ4n) is 2.77. The summed E-state index contributed by atoms with van der Waals surface area (Å²) in [6.07, 6.45) is 19.0. The normalized spacial score (nSPS) is 10.2. The molecule has 24 heavy (non-hydrogen) atoms. The Morgan fingerprint density at radius 3 is 1.42 bits per heavy atom. The van der Waals surface area contributed by atoms with Crippen LogP contribution in [0.1, 0.15) is 110 Å². The zero-order valence-corrected chi connectivity index (χ0v) is 14.9. The van der Waals surface area contributed by atoms with Crippen LogP contribution in [0.4, 0.5) is 0 Å². The number of unbranched alkanes of at least 4 members (excludes halogenated alkanes) is 14. The zero-order valence-electron chi connectivity index (χ0n) is 14.9. The van der Waals surface area contributed by atoms with E-state index in [1.807, 2.05) is 0 Å². The summed E-state index contributed by atoms with van der Waals surface area (Å²) in [5.74, 6) is -0.732. The predicted octanol–water partition coefficient (Wildman–Crippen LogP) is 5.07. The van der Waals surface area contributed by atoms with Gasteiger partial charge in [-0.2, -0.15) is 0 Å². The van der Waals surface area contributed by atoms with E-state index >= 15 is 0 Å². The van der Waals surface area contributed by atoms with Crippen LogP contribution in [0.15, 0.2) is 0 Å². The quantitative estimate of drug-likeness (QED) is 0.155. The molecule has 0 aliphatic heterocycles. The second-order valence-corrected chi connectivity index (χ2v) is 6.39. The fraction of sp³-hybridized carbons (Fsp3) is 0.944. The van der Waals surface area contributed by atoms with Crippen LogP contribution >= 0.6 is 0 Å². The molecule has 0 aromatic carbocycles. The van der Waals surface area contributed by atoms with Crippen molar-refractivity contribution in [1.29, 1.82) is 0 Å². The molecule has 0 heterocycles. The molecule has 0 rings (SSSR count). The molecule has 0 aliphatic rings. The van der Waals surface area contributed by atoms with E-state index in [2.05, 4.69) is 11.8 Å². The van der Waals surface area contributed by atoms with E-state index in [9.17, 15) is 14.9 Å². The SMILES string of the molecule is CCCCCCCCCCCCCCCCCC(=O)O[N+](=O)[O-].[CaH2]. The number of nitrogens with zero attached hydrogens (tertiary/aromatic N) is 1. The summed E-state index contributed by atoms with van der Waals surface area (Å²) in [6, 6.07) is 0. The van der Waals surface area contributed by atoms with Crippen molar-refractivity contribution in [2.45, 2.75) is 110 Å². The van der Waals surface area contributed by atoms with Gasteiger partial charge in [-0.3, -0.25) is 4.79 Å². The average Bonchev–Trinajstić information content (AvgIpc) is 2.50. The van der Waals surface area contributed by atoms with Gasteiger partial charge in [-0.05, 0) is 6.42 Å². The zero-order chi connectivity index (χ0) is 17.2. The van der Waals surface area contributed by atoms with Crippen molar-refractivity contribution in [1.82, 2.24) is 0 Å². The van der Waals surface area contributed by atoms with Gasteiger partial charge in [0.2, 0.25) is 0 Å². The molecular weight excluding hydrogens is 334 g/mol. The summed E-state index contributed by atoms with van der Waals surface area (Å²) in [5.41, 5.74) is 0. The summed E-state index contributed by atoms with van der Waals surface area (Å²) in [6.45, 7) is 2.25. The number of carbonyl (C=O) groups excluding carboxylic acids is 1. The van der Waals surface area contributed by atoms with E-state index in [1.165, 1.54) is 77.0 Å². The van der Waals surface area contributed by atoms with Crippen molar-refractivity contribution in [3.05, 3.63) is 10.1 Å². The van der Waals surface area contributed by atoms with E-state index in [0.717, 1.165) is 12.8 Å². The molecule has 0 radical (unpaired) electrons. The minimum atomic E-state index is -1.03. The van der Waals surface area contributed by atoms with Crippen LogP contribution in [-0.2, 0) is 9.63 Å². The van der Waals surface area contributed by atoms with Crippen molar-refractivity contribution >= 4 is 43.7 Å². The van der Waals surface area contributed by atoms with Gasteiger partial charge in [-0.25, -0.2) is 4.84 Å². The van der Waals surface area contributed by atoms with Crippen molar-refractivity contribution < 1.29 is 14.7 Å². The van der Waals surface area contributed by atoms with E-state index in [1.54, 1.807) is 0 Å². The van der Waals surface area contributed by atoms with Crippen LogP contribution in [0.3, 0.4) is 0 Å². The Hall–Kier alpha value is 0.130. The standard InChI is InChI=1S/C18H35NO4.Ca.2H/c1-2-3-4-5-6-7-8-9-10-11-12-13-14-15-16-17-18(20)23-19(21)22;;;/h2-17H2,1H3;;;. The first-order valence-corrected chi connectivity index (χ1v) is 9.52. The van der Waals surface area contributed by atoms with Crippen LogP contribution in [0, 0.1) is 10.1 Å². The topological polar surface area (TPSA) is 69.4 Å². The second kappa shape index (κ2) is 21.2. The second-order valence-electron chi connectivity index (χ2n) is 6.39. The first-order chi connectivity index (χ1) is 11.2. The first-order valence-electron chi connectivity index (χ1n) is 9.52. The van der Waals surface area contributed by atoms with E-state index in [0.29, 0.717) is 6.42 Å². The maximum absolute atomic E-state index is 10.9. The van der Waals surface area contributed by atoms with E-state index < -0.39 is 11.1 Å². The van der Waals surface area contributed by atoms with Gasteiger partial charge in [0.05, 0.1) is 0 Å². The van der Waals surface area contributed by atoms with Crippen molar-refractivity contribution in [3.63, 3.8) is 0 Å². The number of rotatable bonds is 17. The molecule has 0 aromatic heterocycles. The molecule has 0 saturated carbocycles. The van der Waals surface area contributed by atoms with Crippen LogP contribution in [0.5, 0.6) is 0 Å².